The molecule has 0 fully saturated rings. The molecule has 0 radical (unpaired) electrons. The maximum absolute atomic E-state index is 8.62. The second-order valence-electron chi connectivity index (χ2n) is 4.18. The van der Waals surface area contributed by atoms with Crippen molar-refractivity contribution in [2.75, 3.05) is 40.5 Å². The summed E-state index contributed by atoms with van der Waals surface area (Å²) < 4.78 is 10.5. The molecule has 0 amide bonds. The topological polar surface area (TPSA) is 62.8 Å². The fourth-order valence-corrected chi connectivity index (χ4v) is 1.76. The van der Waals surface area contributed by atoms with Gasteiger partial charge < -0.3 is 25.2 Å². The lowest BCUT2D eigenvalue weighted by atomic mass is 10.2. The van der Waals surface area contributed by atoms with E-state index in [0.717, 1.165) is 43.1 Å². The predicted molar refractivity (Wildman–Crippen MR) is 75.8 cm³/mol. The van der Waals surface area contributed by atoms with Crippen LogP contribution in [0.4, 0.5) is 0 Å². The lowest BCUT2D eigenvalue weighted by Crippen LogP contribution is -2.24. The molecule has 0 spiro atoms. The Hall–Kier alpha value is -1.30. The molecule has 108 valence electrons. The van der Waals surface area contributed by atoms with E-state index in [1.54, 1.807) is 14.2 Å². The Bertz CT molecular complexity index is 359. The van der Waals surface area contributed by atoms with Gasteiger partial charge in [-0.05, 0) is 25.6 Å². The van der Waals surface area contributed by atoms with Crippen LogP contribution in [0, 0.1) is 0 Å². The first kappa shape index (κ1) is 15.8. The molecule has 0 atom stereocenters. The van der Waals surface area contributed by atoms with Gasteiger partial charge in [0.05, 0.1) is 20.8 Å². The molecule has 0 aromatic heterocycles. The minimum Gasteiger partial charge on any atom is -0.497 e. The zero-order valence-corrected chi connectivity index (χ0v) is 11.7. The van der Waals surface area contributed by atoms with E-state index in [1.807, 2.05) is 18.2 Å². The molecule has 1 aromatic carbocycles. The normalized spacial score (nSPS) is 10.5. The van der Waals surface area contributed by atoms with Crippen molar-refractivity contribution in [3.8, 4) is 11.5 Å². The van der Waals surface area contributed by atoms with Crippen molar-refractivity contribution in [1.82, 2.24) is 10.6 Å². The highest BCUT2D eigenvalue weighted by Crippen LogP contribution is 2.24. The van der Waals surface area contributed by atoms with Gasteiger partial charge in [-0.15, -0.1) is 0 Å². The van der Waals surface area contributed by atoms with E-state index >= 15 is 0 Å². The average Bonchev–Trinajstić information content (AvgIpc) is 2.46. The van der Waals surface area contributed by atoms with E-state index in [1.165, 1.54) is 0 Å². The van der Waals surface area contributed by atoms with Crippen molar-refractivity contribution in [3.05, 3.63) is 23.8 Å². The van der Waals surface area contributed by atoms with Crippen molar-refractivity contribution in [2.24, 2.45) is 0 Å². The fraction of sp³-hybridized carbons (Fsp3) is 0.571. The highest BCUT2D eigenvalue weighted by molar-refractivity contribution is 5.40. The molecule has 0 unspecified atom stereocenters. The molecular weight excluding hydrogens is 244 g/mol. The molecule has 5 nitrogen and oxygen atoms in total. The van der Waals surface area contributed by atoms with Crippen molar-refractivity contribution >= 4 is 0 Å². The highest BCUT2D eigenvalue weighted by Gasteiger charge is 2.04. The molecule has 0 saturated heterocycles. The molecule has 0 saturated carbocycles. The van der Waals surface area contributed by atoms with Crippen molar-refractivity contribution in [3.63, 3.8) is 0 Å². The average molecular weight is 268 g/mol. The first-order valence-electron chi connectivity index (χ1n) is 6.55. The van der Waals surface area contributed by atoms with E-state index in [2.05, 4.69) is 10.6 Å². The number of benzene rings is 1. The second-order valence-corrected chi connectivity index (χ2v) is 4.18. The molecule has 0 heterocycles. The maximum Gasteiger partial charge on any atom is 0.127 e. The first-order valence-corrected chi connectivity index (χ1v) is 6.55. The Labute approximate surface area is 114 Å². The third-order valence-corrected chi connectivity index (χ3v) is 2.81. The van der Waals surface area contributed by atoms with Crippen LogP contribution in [0.15, 0.2) is 18.2 Å². The highest BCUT2D eigenvalue weighted by atomic mass is 16.5. The van der Waals surface area contributed by atoms with Gasteiger partial charge in [-0.25, -0.2) is 0 Å². The van der Waals surface area contributed by atoms with Gasteiger partial charge in [-0.2, -0.15) is 0 Å². The van der Waals surface area contributed by atoms with Crippen LogP contribution in [0.25, 0.3) is 0 Å². The molecule has 19 heavy (non-hydrogen) atoms. The minimum absolute atomic E-state index is 0.191. The SMILES string of the molecule is COc1ccc(CNCCCNCCO)c(OC)c1. The summed E-state index contributed by atoms with van der Waals surface area (Å²) in [6.45, 7) is 3.46. The van der Waals surface area contributed by atoms with Crippen LogP contribution in [0.1, 0.15) is 12.0 Å². The fourth-order valence-electron chi connectivity index (χ4n) is 1.76. The first-order chi connectivity index (χ1) is 9.31. The monoisotopic (exact) mass is 268 g/mol. The molecule has 0 bridgehead atoms. The van der Waals surface area contributed by atoms with Crippen LogP contribution in [0.5, 0.6) is 11.5 Å². The lowest BCUT2D eigenvalue weighted by Gasteiger charge is -2.11. The Balaban J connectivity index is 2.28. The summed E-state index contributed by atoms with van der Waals surface area (Å²) in [5, 5.41) is 15.1. The molecule has 3 N–H and O–H groups in total. The molecule has 1 aromatic rings. The Morgan fingerprint density at radius 3 is 2.53 bits per heavy atom. The van der Waals surface area contributed by atoms with Gasteiger partial charge in [0.2, 0.25) is 0 Å². The number of ether oxygens (including phenoxy) is 2. The number of hydrogen-bond acceptors (Lipinski definition) is 5. The number of aliphatic hydroxyl groups excluding tert-OH is 1. The van der Waals surface area contributed by atoms with Gasteiger partial charge in [0, 0.05) is 24.7 Å². The quantitative estimate of drug-likeness (QED) is 0.547. The Morgan fingerprint density at radius 1 is 1.05 bits per heavy atom. The second kappa shape index (κ2) is 9.61. The summed E-state index contributed by atoms with van der Waals surface area (Å²) in [6, 6.07) is 5.83. The summed E-state index contributed by atoms with van der Waals surface area (Å²) in [6.07, 6.45) is 1.03. The van der Waals surface area contributed by atoms with E-state index in [4.69, 9.17) is 14.6 Å². The lowest BCUT2D eigenvalue weighted by molar-refractivity contribution is 0.292. The third kappa shape index (κ3) is 5.92. The number of rotatable bonds is 10. The van der Waals surface area contributed by atoms with Crippen LogP contribution in [-0.4, -0.2) is 45.6 Å². The van der Waals surface area contributed by atoms with E-state index in [-0.39, 0.29) is 6.61 Å². The van der Waals surface area contributed by atoms with Crippen LogP contribution < -0.4 is 20.1 Å². The predicted octanol–water partition coefficient (Wildman–Crippen LogP) is 0.765. The van der Waals surface area contributed by atoms with Crippen LogP contribution in [0.3, 0.4) is 0 Å². The summed E-state index contributed by atoms with van der Waals surface area (Å²) in [7, 11) is 3.31. The maximum atomic E-state index is 8.62. The zero-order chi connectivity index (χ0) is 13.9. The number of hydrogen-bond donors (Lipinski definition) is 3. The summed E-state index contributed by atoms with van der Waals surface area (Å²) in [4.78, 5) is 0. The van der Waals surface area contributed by atoms with E-state index in [9.17, 15) is 0 Å². The van der Waals surface area contributed by atoms with Crippen LogP contribution in [-0.2, 0) is 6.54 Å². The van der Waals surface area contributed by atoms with Crippen molar-refractivity contribution < 1.29 is 14.6 Å². The number of methoxy groups -OCH3 is 2. The summed E-state index contributed by atoms with van der Waals surface area (Å²) in [5.74, 6) is 1.64. The number of nitrogens with one attached hydrogen (secondary N) is 2. The zero-order valence-electron chi connectivity index (χ0n) is 11.7. The largest absolute Gasteiger partial charge is 0.497 e. The van der Waals surface area contributed by atoms with Gasteiger partial charge in [0.15, 0.2) is 0 Å². The summed E-state index contributed by atoms with van der Waals surface area (Å²) in [5.41, 5.74) is 1.12. The molecule has 5 heteroatoms. The van der Waals surface area contributed by atoms with Gasteiger partial charge in [0.1, 0.15) is 11.5 Å². The van der Waals surface area contributed by atoms with Crippen LogP contribution >= 0.6 is 0 Å². The van der Waals surface area contributed by atoms with Crippen molar-refractivity contribution in [2.45, 2.75) is 13.0 Å². The standard InChI is InChI=1S/C14H24N2O3/c1-18-13-5-4-12(14(10-13)19-2)11-16-7-3-6-15-8-9-17/h4-5,10,15-17H,3,6-9,11H2,1-2H3. The molecule has 0 aliphatic carbocycles. The van der Waals surface area contributed by atoms with Gasteiger partial charge in [-0.1, -0.05) is 6.07 Å². The Kier molecular flexibility index (Phi) is 7.97. The Morgan fingerprint density at radius 2 is 1.84 bits per heavy atom. The van der Waals surface area contributed by atoms with E-state index < -0.39 is 0 Å². The smallest absolute Gasteiger partial charge is 0.127 e. The summed E-state index contributed by atoms with van der Waals surface area (Å²) >= 11 is 0. The molecular formula is C14H24N2O3. The van der Waals surface area contributed by atoms with Crippen molar-refractivity contribution in [1.29, 1.82) is 0 Å². The molecule has 1 rings (SSSR count). The van der Waals surface area contributed by atoms with E-state index in [0.29, 0.717) is 6.54 Å². The van der Waals surface area contributed by atoms with Crippen LogP contribution in [0.2, 0.25) is 0 Å². The van der Waals surface area contributed by atoms with Gasteiger partial charge >= 0.3 is 0 Å². The molecule has 0 aliphatic rings. The third-order valence-electron chi connectivity index (χ3n) is 2.81. The number of aliphatic hydroxyl groups is 1. The van der Waals surface area contributed by atoms with Gasteiger partial charge in [-0.3, -0.25) is 0 Å². The minimum atomic E-state index is 0.191. The molecule has 0 aliphatic heterocycles. The van der Waals surface area contributed by atoms with Gasteiger partial charge in [0.25, 0.3) is 0 Å².